The molecule has 21 heavy (non-hydrogen) atoms. The zero-order chi connectivity index (χ0) is 15.2. The quantitative estimate of drug-likeness (QED) is 0.591. The van der Waals surface area contributed by atoms with Crippen LogP contribution in [0.15, 0.2) is 22.7 Å². The van der Waals surface area contributed by atoms with E-state index in [0.29, 0.717) is 18.1 Å². The van der Waals surface area contributed by atoms with Crippen LogP contribution in [-0.2, 0) is 13.0 Å². The Labute approximate surface area is 120 Å². The summed E-state index contributed by atoms with van der Waals surface area (Å²) in [5.41, 5.74) is -0.0785. The molecule has 2 rings (SSSR count). The molecule has 2 aromatic rings. The average molecular weight is 288 g/mol. The van der Waals surface area contributed by atoms with Gasteiger partial charge in [0.05, 0.1) is 16.6 Å². The number of aryl methyl sites for hydroxylation is 1. The van der Waals surface area contributed by atoms with E-state index in [1.807, 2.05) is 13.0 Å². The molecule has 0 spiro atoms. The van der Waals surface area contributed by atoms with Gasteiger partial charge in [0.1, 0.15) is 0 Å². The largest absolute Gasteiger partial charge is 0.478 e. The van der Waals surface area contributed by atoms with Gasteiger partial charge in [-0.3, -0.25) is 10.1 Å². The topological polar surface area (TPSA) is 115 Å². The number of hydrogen-bond donors (Lipinski definition) is 0. The minimum Gasteiger partial charge on any atom is -0.478 e. The Morgan fingerprint density at radius 2 is 2.33 bits per heavy atom. The van der Waals surface area contributed by atoms with Crippen LogP contribution in [-0.4, -0.2) is 15.1 Å². The maximum Gasteiger partial charge on any atom is 0.312 e. The predicted molar refractivity (Wildman–Crippen MR) is 70.4 cm³/mol. The molecule has 0 aliphatic heterocycles. The van der Waals surface area contributed by atoms with E-state index >= 15 is 0 Å². The van der Waals surface area contributed by atoms with E-state index in [2.05, 4.69) is 10.1 Å². The Morgan fingerprint density at radius 3 is 3.00 bits per heavy atom. The van der Waals surface area contributed by atoms with Crippen molar-refractivity contribution in [3.05, 3.63) is 45.6 Å². The van der Waals surface area contributed by atoms with E-state index in [1.54, 1.807) is 0 Å². The Morgan fingerprint density at radius 1 is 1.52 bits per heavy atom. The third kappa shape index (κ3) is 3.54. The lowest BCUT2D eigenvalue weighted by Crippen LogP contribution is -2.01. The van der Waals surface area contributed by atoms with Crippen molar-refractivity contribution in [2.24, 2.45) is 0 Å². The third-order valence-corrected chi connectivity index (χ3v) is 2.62. The highest BCUT2D eigenvalue weighted by atomic mass is 16.6. The molecule has 0 saturated heterocycles. The van der Waals surface area contributed by atoms with Crippen LogP contribution < -0.4 is 4.74 Å². The van der Waals surface area contributed by atoms with Crippen molar-refractivity contribution in [2.75, 3.05) is 0 Å². The fourth-order valence-corrected chi connectivity index (χ4v) is 1.66. The lowest BCUT2D eigenvalue weighted by Gasteiger charge is -2.04. The van der Waals surface area contributed by atoms with Crippen molar-refractivity contribution in [1.82, 2.24) is 10.1 Å². The first kappa shape index (κ1) is 14.5. The van der Waals surface area contributed by atoms with Crippen LogP contribution in [0.3, 0.4) is 0 Å². The fraction of sp³-hybridized carbons (Fsp3) is 0.308. The molecule has 0 N–H and O–H groups in total. The summed E-state index contributed by atoms with van der Waals surface area (Å²) in [5, 5.41) is 23.4. The van der Waals surface area contributed by atoms with Crippen LogP contribution in [0, 0.1) is 21.4 Å². The minimum atomic E-state index is -0.602. The molecule has 8 heteroatoms. The van der Waals surface area contributed by atoms with E-state index in [4.69, 9.17) is 14.5 Å². The number of nitrogens with zero attached hydrogens (tertiary/aromatic N) is 4. The molecule has 1 aromatic carbocycles. The summed E-state index contributed by atoms with van der Waals surface area (Å²) in [6.07, 6.45) is 1.55. The van der Waals surface area contributed by atoms with Crippen molar-refractivity contribution in [3.63, 3.8) is 0 Å². The van der Waals surface area contributed by atoms with Crippen LogP contribution in [0.1, 0.15) is 30.6 Å². The molecule has 8 nitrogen and oxygen atoms in total. The van der Waals surface area contributed by atoms with Crippen molar-refractivity contribution < 1.29 is 14.2 Å². The first-order chi connectivity index (χ1) is 10.1. The molecule has 108 valence electrons. The van der Waals surface area contributed by atoms with Crippen molar-refractivity contribution in [1.29, 1.82) is 5.26 Å². The summed E-state index contributed by atoms with van der Waals surface area (Å²) >= 11 is 0. The second kappa shape index (κ2) is 6.47. The van der Waals surface area contributed by atoms with E-state index in [-0.39, 0.29) is 23.6 Å². The lowest BCUT2D eigenvalue weighted by atomic mass is 10.2. The fourth-order valence-electron chi connectivity index (χ4n) is 1.66. The number of nitro benzene ring substituents is 1. The Kier molecular flexibility index (Phi) is 4.46. The monoisotopic (exact) mass is 288 g/mol. The number of hydrogen-bond acceptors (Lipinski definition) is 7. The normalized spacial score (nSPS) is 10.1. The van der Waals surface area contributed by atoms with Crippen LogP contribution in [0.25, 0.3) is 0 Å². The van der Waals surface area contributed by atoms with E-state index in [0.717, 1.165) is 12.5 Å². The van der Waals surface area contributed by atoms with Gasteiger partial charge < -0.3 is 9.26 Å². The van der Waals surface area contributed by atoms with Gasteiger partial charge in [0, 0.05) is 12.5 Å². The van der Waals surface area contributed by atoms with Gasteiger partial charge in [-0.2, -0.15) is 10.2 Å². The molecule has 0 bridgehead atoms. The molecule has 1 aromatic heterocycles. The van der Waals surface area contributed by atoms with E-state index in [1.165, 1.54) is 12.1 Å². The van der Waals surface area contributed by atoms with Gasteiger partial charge in [-0.25, -0.2) is 0 Å². The second-order valence-corrected chi connectivity index (χ2v) is 4.19. The lowest BCUT2D eigenvalue weighted by molar-refractivity contribution is -0.386. The molecular formula is C13H12N4O4. The molecule has 0 aliphatic carbocycles. The molecule has 0 atom stereocenters. The standard InChI is InChI=1S/C13H12N4O4/c1-2-3-13-15-12(16-21-13)8-20-11-5-4-9(7-14)6-10(11)17(18)19/h4-6H,2-3,8H2,1H3. The van der Waals surface area contributed by atoms with Crippen molar-refractivity contribution >= 4 is 5.69 Å². The number of aromatic nitrogens is 2. The highest BCUT2D eigenvalue weighted by Crippen LogP contribution is 2.28. The van der Waals surface area contributed by atoms with Gasteiger partial charge in [0.2, 0.25) is 11.7 Å². The summed E-state index contributed by atoms with van der Waals surface area (Å²) in [7, 11) is 0. The van der Waals surface area contributed by atoms with Crippen molar-refractivity contribution in [3.8, 4) is 11.8 Å². The number of nitriles is 1. The van der Waals surface area contributed by atoms with Gasteiger partial charge in [-0.1, -0.05) is 12.1 Å². The molecule has 0 amide bonds. The first-order valence-electron chi connectivity index (χ1n) is 6.26. The SMILES string of the molecule is CCCc1nc(COc2ccc(C#N)cc2[N+](=O)[O-])no1. The molecule has 0 fully saturated rings. The third-order valence-electron chi connectivity index (χ3n) is 2.62. The number of ether oxygens (including phenoxy) is 1. The van der Waals surface area contributed by atoms with Gasteiger partial charge in [0.25, 0.3) is 0 Å². The van der Waals surface area contributed by atoms with E-state index in [9.17, 15) is 10.1 Å². The highest BCUT2D eigenvalue weighted by Gasteiger charge is 2.17. The zero-order valence-corrected chi connectivity index (χ0v) is 11.3. The van der Waals surface area contributed by atoms with Gasteiger partial charge in [0.15, 0.2) is 12.4 Å². The van der Waals surface area contributed by atoms with Crippen molar-refractivity contribution in [2.45, 2.75) is 26.4 Å². The average Bonchev–Trinajstić information content (AvgIpc) is 2.93. The van der Waals surface area contributed by atoms with Gasteiger partial charge in [-0.15, -0.1) is 0 Å². The minimum absolute atomic E-state index is 0.0417. The Hall–Kier alpha value is -2.95. The molecule has 0 unspecified atom stereocenters. The maximum atomic E-state index is 11.0. The summed E-state index contributed by atoms with van der Waals surface area (Å²) < 4.78 is 10.3. The second-order valence-electron chi connectivity index (χ2n) is 4.19. The molecule has 1 heterocycles. The number of rotatable bonds is 6. The smallest absolute Gasteiger partial charge is 0.312 e. The molecular weight excluding hydrogens is 276 g/mol. The van der Waals surface area contributed by atoms with Crippen LogP contribution >= 0.6 is 0 Å². The summed E-state index contributed by atoms with van der Waals surface area (Å²) in [4.78, 5) is 14.5. The predicted octanol–water partition coefficient (Wildman–Crippen LogP) is 2.38. The van der Waals surface area contributed by atoms with Crippen LogP contribution in [0.5, 0.6) is 5.75 Å². The van der Waals surface area contributed by atoms with Crippen LogP contribution in [0.2, 0.25) is 0 Å². The molecule has 0 aliphatic rings. The molecule has 0 radical (unpaired) electrons. The zero-order valence-electron chi connectivity index (χ0n) is 11.3. The van der Waals surface area contributed by atoms with E-state index < -0.39 is 4.92 Å². The molecule has 0 saturated carbocycles. The van der Waals surface area contributed by atoms with Gasteiger partial charge >= 0.3 is 5.69 Å². The van der Waals surface area contributed by atoms with Crippen LogP contribution in [0.4, 0.5) is 5.69 Å². The maximum absolute atomic E-state index is 11.0. The first-order valence-corrected chi connectivity index (χ1v) is 6.26. The highest BCUT2D eigenvalue weighted by molar-refractivity contribution is 5.51. The summed E-state index contributed by atoms with van der Waals surface area (Å²) in [6, 6.07) is 5.83. The Bertz CT molecular complexity index is 690. The summed E-state index contributed by atoms with van der Waals surface area (Å²) in [5.74, 6) is 0.878. The summed E-state index contributed by atoms with van der Waals surface area (Å²) in [6.45, 7) is 1.94. The number of benzene rings is 1. The van der Waals surface area contributed by atoms with Gasteiger partial charge in [-0.05, 0) is 18.6 Å². The number of nitro groups is 1. The Balaban J connectivity index is 2.12.